The number of fused-ring (bicyclic) bond motifs is 1. The minimum Gasteiger partial charge on any atom is -0.451 e. The average Bonchev–Trinajstić information content (AvgIpc) is 2.94. The molecule has 0 bridgehead atoms. The van der Waals surface area contributed by atoms with Gasteiger partial charge in [-0.1, -0.05) is 12.1 Å². The topological polar surface area (TPSA) is 101 Å². The Morgan fingerprint density at radius 2 is 1.58 bits per heavy atom. The second-order valence-electron chi connectivity index (χ2n) is 7.93. The molecule has 0 radical (unpaired) electrons. The number of ether oxygens (including phenoxy) is 1. The maximum Gasteiger partial charge on any atom is 0.329 e. The largest absolute Gasteiger partial charge is 0.451 e. The van der Waals surface area contributed by atoms with E-state index in [1.165, 1.54) is 31.2 Å². The number of carbonyl (C=O) groups is 5. The van der Waals surface area contributed by atoms with Crippen molar-refractivity contribution in [3.05, 3.63) is 71.0 Å². The third kappa shape index (κ3) is 4.13. The number of amides is 4. The fourth-order valence-electron chi connectivity index (χ4n) is 3.97. The summed E-state index contributed by atoms with van der Waals surface area (Å²) in [6.45, 7) is 1.49. The number of imide groups is 2. The summed E-state index contributed by atoms with van der Waals surface area (Å²) in [5.41, 5.74) is 0.531. The van der Waals surface area contributed by atoms with E-state index in [2.05, 4.69) is 0 Å². The maximum atomic E-state index is 13.2. The molecule has 2 aromatic rings. The molecule has 0 aromatic heterocycles. The summed E-state index contributed by atoms with van der Waals surface area (Å²) in [6, 6.07) is 9.79. The highest BCUT2D eigenvalue weighted by Gasteiger charge is 2.43. The van der Waals surface area contributed by atoms with Gasteiger partial charge in [0.15, 0.2) is 6.10 Å². The van der Waals surface area contributed by atoms with Crippen LogP contribution in [-0.4, -0.2) is 58.1 Å². The molecule has 2 aliphatic heterocycles. The van der Waals surface area contributed by atoms with E-state index in [4.69, 9.17) is 4.74 Å². The molecule has 2 unspecified atom stereocenters. The van der Waals surface area contributed by atoms with Gasteiger partial charge in [0.25, 0.3) is 23.6 Å². The van der Waals surface area contributed by atoms with Crippen molar-refractivity contribution < 1.29 is 33.1 Å². The molecule has 2 aromatic carbocycles. The highest BCUT2D eigenvalue weighted by atomic mass is 19.1. The molecule has 2 atom stereocenters. The second-order valence-corrected chi connectivity index (χ2v) is 7.93. The van der Waals surface area contributed by atoms with Crippen LogP contribution in [0.5, 0.6) is 0 Å². The van der Waals surface area contributed by atoms with Crippen molar-refractivity contribution in [1.82, 2.24) is 9.80 Å². The van der Waals surface area contributed by atoms with Crippen molar-refractivity contribution in [2.24, 2.45) is 0 Å². The molecule has 1 saturated heterocycles. The van der Waals surface area contributed by atoms with Crippen LogP contribution in [0.3, 0.4) is 0 Å². The molecule has 1 fully saturated rings. The minimum atomic E-state index is -1.25. The van der Waals surface area contributed by atoms with Crippen LogP contribution < -0.4 is 0 Å². The Bertz CT molecular complexity index is 1110. The predicted molar refractivity (Wildman–Crippen MR) is 113 cm³/mol. The van der Waals surface area contributed by atoms with Gasteiger partial charge in [-0.25, -0.2) is 9.18 Å². The quantitative estimate of drug-likeness (QED) is 0.522. The average molecular weight is 452 g/mol. The van der Waals surface area contributed by atoms with Crippen LogP contribution in [0.2, 0.25) is 0 Å². The Morgan fingerprint density at radius 3 is 2.18 bits per heavy atom. The zero-order valence-corrected chi connectivity index (χ0v) is 17.8. The molecular formula is C24H21FN2O6. The number of nitrogens with zero attached hydrogens (tertiary/aromatic N) is 2. The van der Waals surface area contributed by atoms with Gasteiger partial charge in [0, 0.05) is 12.1 Å². The number of hydrogen-bond donors (Lipinski definition) is 0. The van der Waals surface area contributed by atoms with E-state index >= 15 is 0 Å². The number of rotatable bonds is 4. The summed E-state index contributed by atoms with van der Waals surface area (Å²) in [4.78, 5) is 65.7. The SMILES string of the molecule is CC(C(=O)OC1CCCCN(C(=O)c2ccc(F)cc2)C1=O)N1C(=O)c2ccccc2C1=O. The molecule has 0 aliphatic carbocycles. The molecule has 0 saturated carbocycles. The van der Waals surface area contributed by atoms with Gasteiger partial charge in [-0.3, -0.25) is 29.0 Å². The van der Waals surface area contributed by atoms with Crippen molar-refractivity contribution in [2.45, 2.75) is 38.3 Å². The normalized spacial score (nSPS) is 19.2. The van der Waals surface area contributed by atoms with Crippen LogP contribution in [0, 0.1) is 5.82 Å². The Morgan fingerprint density at radius 1 is 0.970 bits per heavy atom. The van der Waals surface area contributed by atoms with Crippen LogP contribution in [0.15, 0.2) is 48.5 Å². The third-order valence-corrected chi connectivity index (χ3v) is 5.79. The minimum absolute atomic E-state index is 0.135. The summed E-state index contributed by atoms with van der Waals surface area (Å²) < 4.78 is 18.6. The molecular weight excluding hydrogens is 431 g/mol. The van der Waals surface area contributed by atoms with E-state index in [0.29, 0.717) is 12.8 Å². The smallest absolute Gasteiger partial charge is 0.329 e. The lowest BCUT2D eigenvalue weighted by Gasteiger charge is -2.26. The number of hydrogen-bond acceptors (Lipinski definition) is 6. The summed E-state index contributed by atoms with van der Waals surface area (Å²) >= 11 is 0. The van der Waals surface area contributed by atoms with E-state index < -0.39 is 47.6 Å². The van der Waals surface area contributed by atoms with E-state index in [0.717, 1.165) is 21.9 Å². The van der Waals surface area contributed by atoms with Crippen LogP contribution in [-0.2, 0) is 14.3 Å². The van der Waals surface area contributed by atoms with Gasteiger partial charge < -0.3 is 4.74 Å². The summed E-state index contributed by atoms with van der Waals surface area (Å²) in [5, 5.41) is 0. The van der Waals surface area contributed by atoms with Crippen LogP contribution in [0.4, 0.5) is 4.39 Å². The van der Waals surface area contributed by atoms with Crippen LogP contribution in [0.1, 0.15) is 57.3 Å². The van der Waals surface area contributed by atoms with Gasteiger partial charge in [-0.15, -0.1) is 0 Å². The van der Waals surface area contributed by atoms with E-state index in [1.807, 2.05) is 0 Å². The fraction of sp³-hybridized carbons (Fsp3) is 0.292. The first-order valence-corrected chi connectivity index (χ1v) is 10.6. The van der Waals surface area contributed by atoms with Crippen molar-refractivity contribution in [2.75, 3.05) is 6.54 Å². The first kappa shape index (κ1) is 22.3. The standard InChI is InChI=1S/C24H21FN2O6/c1-14(27-21(29)17-6-2-3-7-18(17)22(27)30)24(32)33-19-8-4-5-13-26(23(19)31)20(28)15-9-11-16(25)12-10-15/h2-3,6-7,9-12,14,19H,4-5,8,13H2,1H3. The Balaban J connectivity index is 1.48. The number of benzene rings is 2. The van der Waals surface area contributed by atoms with Gasteiger partial charge >= 0.3 is 5.97 Å². The molecule has 0 spiro atoms. The molecule has 4 rings (SSSR count). The summed E-state index contributed by atoms with van der Waals surface area (Å²) in [5.74, 6) is -3.96. The highest BCUT2D eigenvalue weighted by Crippen LogP contribution is 2.26. The van der Waals surface area contributed by atoms with Crippen LogP contribution >= 0.6 is 0 Å². The van der Waals surface area contributed by atoms with E-state index in [1.54, 1.807) is 12.1 Å². The monoisotopic (exact) mass is 452 g/mol. The predicted octanol–water partition coefficient (Wildman–Crippen LogP) is 2.57. The molecule has 8 nitrogen and oxygen atoms in total. The Kier molecular flexibility index (Phi) is 6.04. The lowest BCUT2D eigenvalue weighted by molar-refractivity contribution is -0.161. The molecule has 170 valence electrons. The van der Waals surface area contributed by atoms with Gasteiger partial charge in [0.1, 0.15) is 11.9 Å². The second kappa shape index (κ2) is 8.93. The summed E-state index contributed by atoms with van der Waals surface area (Å²) in [7, 11) is 0. The zero-order chi connectivity index (χ0) is 23.7. The molecule has 4 amide bonds. The molecule has 9 heteroatoms. The number of likely N-dealkylation sites (tertiary alicyclic amines) is 1. The van der Waals surface area contributed by atoms with Crippen molar-refractivity contribution >= 4 is 29.6 Å². The van der Waals surface area contributed by atoms with Crippen molar-refractivity contribution in [1.29, 1.82) is 0 Å². The lowest BCUT2D eigenvalue weighted by atomic mass is 10.1. The number of esters is 1. The fourth-order valence-corrected chi connectivity index (χ4v) is 3.97. The zero-order valence-electron chi connectivity index (χ0n) is 17.8. The van der Waals surface area contributed by atoms with E-state index in [9.17, 15) is 28.4 Å². The van der Waals surface area contributed by atoms with E-state index in [-0.39, 0.29) is 29.7 Å². The molecule has 2 aliphatic rings. The summed E-state index contributed by atoms with van der Waals surface area (Å²) in [6.07, 6.45) is 0.00741. The van der Waals surface area contributed by atoms with Crippen molar-refractivity contribution in [3.63, 3.8) is 0 Å². The van der Waals surface area contributed by atoms with Crippen molar-refractivity contribution in [3.8, 4) is 0 Å². The highest BCUT2D eigenvalue weighted by molar-refractivity contribution is 6.22. The van der Waals surface area contributed by atoms with Gasteiger partial charge in [-0.2, -0.15) is 0 Å². The van der Waals surface area contributed by atoms with Gasteiger partial charge in [0.05, 0.1) is 11.1 Å². The molecule has 0 N–H and O–H groups in total. The molecule has 33 heavy (non-hydrogen) atoms. The molecule has 2 heterocycles. The first-order valence-electron chi connectivity index (χ1n) is 10.6. The maximum absolute atomic E-state index is 13.2. The Labute approximate surface area is 188 Å². The Hall–Kier alpha value is -3.88. The van der Waals surface area contributed by atoms with Crippen LogP contribution in [0.25, 0.3) is 0 Å². The number of halogens is 1. The third-order valence-electron chi connectivity index (χ3n) is 5.79. The van der Waals surface area contributed by atoms with Gasteiger partial charge in [-0.05, 0) is 62.6 Å². The first-order chi connectivity index (χ1) is 15.8. The van der Waals surface area contributed by atoms with Gasteiger partial charge in [0.2, 0.25) is 0 Å². The number of carbonyl (C=O) groups excluding carboxylic acids is 5. The lowest BCUT2D eigenvalue weighted by Crippen LogP contribution is -2.48.